The van der Waals surface area contributed by atoms with Gasteiger partial charge in [0, 0.05) is 18.9 Å². The minimum absolute atomic E-state index is 0.0116. The van der Waals surface area contributed by atoms with E-state index < -0.39 is 48.4 Å². The van der Waals surface area contributed by atoms with Crippen molar-refractivity contribution in [1.82, 2.24) is 0 Å². The quantitative estimate of drug-likeness (QED) is 0.364. The van der Waals surface area contributed by atoms with E-state index in [-0.39, 0.29) is 24.5 Å². The van der Waals surface area contributed by atoms with Crippen molar-refractivity contribution < 1.29 is 33.0 Å². The number of hydrogen-bond acceptors (Lipinski definition) is 7. The van der Waals surface area contributed by atoms with Gasteiger partial charge in [0.05, 0.1) is 12.2 Å². The third kappa shape index (κ3) is 3.70. The number of hydrogen-bond donors (Lipinski definition) is 0. The number of carbonyl (C=O) groups is 3. The third-order valence-corrected chi connectivity index (χ3v) is 11.6. The van der Waals surface area contributed by atoms with Crippen molar-refractivity contribution in [1.29, 1.82) is 0 Å². The summed E-state index contributed by atoms with van der Waals surface area (Å²) < 4.78 is 24.3. The normalized spacial score (nSPS) is 33.5. The van der Waals surface area contributed by atoms with E-state index in [1.165, 1.54) is 6.08 Å². The topological polar surface area (TPSA) is 88.1 Å². The van der Waals surface area contributed by atoms with E-state index >= 15 is 0 Å². The Hall–Kier alpha value is -1.51. The fraction of sp³-hybridized carbons (Fsp3) is 0.783. The van der Waals surface area contributed by atoms with Crippen LogP contribution in [-0.4, -0.2) is 55.1 Å². The molecule has 3 aliphatic heterocycles. The van der Waals surface area contributed by atoms with Crippen LogP contribution in [0.5, 0.6) is 0 Å². The van der Waals surface area contributed by atoms with E-state index in [1.807, 2.05) is 0 Å². The van der Waals surface area contributed by atoms with Crippen LogP contribution in [-0.2, 0) is 33.0 Å². The molecule has 7 nitrogen and oxygen atoms in total. The maximum absolute atomic E-state index is 13.5. The van der Waals surface area contributed by atoms with Crippen LogP contribution in [0.1, 0.15) is 67.7 Å². The summed E-state index contributed by atoms with van der Waals surface area (Å²) in [6.45, 7) is 17.9. The van der Waals surface area contributed by atoms with Crippen LogP contribution in [0.3, 0.4) is 0 Å². The van der Waals surface area contributed by atoms with Gasteiger partial charge < -0.3 is 18.6 Å². The van der Waals surface area contributed by atoms with E-state index in [1.54, 1.807) is 27.7 Å². The predicted octanol–water partition coefficient (Wildman–Crippen LogP) is 3.85. The molecule has 0 aromatic carbocycles. The molecule has 3 atom stereocenters. The molecule has 0 amide bonds. The SMILES string of the molecule is CC1=CC(=O)O[C@@]12C[C@]1(CO[Si](C)(C)C(C)(C)C)CCC(=O)[C@@]2(C(=O)OC(C)(C)C)O1. The molecule has 1 spiro atoms. The van der Waals surface area contributed by atoms with Gasteiger partial charge in [-0.2, -0.15) is 0 Å². The van der Waals surface area contributed by atoms with Gasteiger partial charge in [0.25, 0.3) is 5.60 Å². The zero-order chi connectivity index (χ0) is 23.7. The number of ketones is 1. The molecule has 3 rings (SSSR count). The van der Waals surface area contributed by atoms with Crippen molar-refractivity contribution in [2.24, 2.45) is 0 Å². The van der Waals surface area contributed by atoms with E-state index in [9.17, 15) is 14.4 Å². The number of rotatable bonds is 4. The third-order valence-electron chi connectivity index (χ3n) is 7.14. The van der Waals surface area contributed by atoms with Crippen molar-refractivity contribution >= 4 is 26.0 Å². The molecule has 0 aromatic rings. The Balaban J connectivity index is 2.06. The minimum Gasteiger partial charge on any atom is -0.457 e. The van der Waals surface area contributed by atoms with Gasteiger partial charge in [0.15, 0.2) is 19.7 Å². The van der Waals surface area contributed by atoms with Gasteiger partial charge in [-0.1, -0.05) is 20.8 Å². The average molecular weight is 453 g/mol. The molecular weight excluding hydrogens is 416 g/mol. The van der Waals surface area contributed by atoms with Crippen molar-refractivity contribution in [2.45, 2.75) is 108 Å². The lowest BCUT2D eigenvalue weighted by Crippen LogP contribution is -2.65. The monoisotopic (exact) mass is 452 g/mol. The summed E-state index contributed by atoms with van der Waals surface area (Å²) >= 11 is 0. The molecule has 0 saturated carbocycles. The highest BCUT2D eigenvalue weighted by molar-refractivity contribution is 6.74. The molecule has 174 valence electrons. The summed E-state index contributed by atoms with van der Waals surface area (Å²) in [7, 11) is -2.13. The van der Waals surface area contributed by atoms with Crippen LogP contribution in [0.4, 0.5) is 0 Å². The summed E-state index contributed by atoms with van der Waals surface area (Å²) in [5.74, 6) is -1.80. The zero-order valence-electron chi connectivity index (χ0n) is 20.3. The molecule has 3 aliphatic rings. The van der Waals surface area contributed by atoms with Gasteiger partial charge in [-0.25, -0.2) is 9.59 Å². The van der Waals surface area contributed by atoms with Gasteiger partial charge in [-0.05, 0) is 57.8 Å². The van der Waals surface area contributed by atoms with Crippen molar-refractivity contribution in [3.8, 4) is 0 Å². The van der Waals surface area contributed by atoms with Crippen LogP contribution in [0.15, 0.2) is 11.6 Å². The van der Waals surface area contributed by atoms with Gasteiger partial charge in [-0.15, -0.1) is 0 Å². The maximum Gasteiger partial charge on any atom is 0.351 e. The first-order valence-corrected chi connectivity index (χ1v) is 13.8. The molecule has 31 heavy (non-hydrogen) atoms. The van der Waals surface area contributed by atoms with E-state index in [0.29, 0.717) is 12.0 Å². The second kappa shape index (κ2) is 6.99. The average Bonchev–Trinajstić information content (AvgIpc) is 3.00. The van der Waals surface area contributed by atoms with Crippen LogP contribution >= 0.6 is 0 Å². The number of esters is 2. The molecule has 0 aromatic heterocycles. The summed E-state index contributed by atoms with van der Waals surface area (Å²) in [5, 5.41) is -0.0116. The highest BCUT2D eigenvalue weighted by Crippen LogP contribution is 2.59. The molecular formula is C23H36O7Si. The first-order valence-electron chi connectivity index (χ1n) is 10.9. The molecule has 2 bridgehead atoms. The second-order valence-corrected chi connectivity index (χ2v) is 16.5. The fourth-order valence-corrected chi connectivity index (χ4v) is 5.47. The van der Waals surface area contributed by atoms with Crippen molar-refractivity contribution in [2.75, 3.05) is 6.61 Å². The van der Waals surface area contributed by atoms with Gasteiger partial charge >= 0.3 is 11.9 Å². The number of carbonyl (C=O) groups excluding carboxylic acids is 3. The molecule has 0 unspecified atom stereocenters. The largest absolute Gasteiger partial charge is 0.457 e. The van der Waals surface area contributed by atoms with Gasteiger partial charge in [-0.3, -0.25) is 4.79 Å². The predicted molar refractivity (Wildman–Crippen MR) is 117 cm³/mol. The van der Waals surface area contributed by atoms with Crippen LogP contribution in [0.2, 0.25) is 18.1 Å². The molecule has 0 radical (unpaired) electrons. The molecule has 0 aliphatic carbocycles. The summed E-state index contributed by atoms with van der Waals surface area (Å²) in [6.07, 6.45) is 2.06. The Labute approximate surface area is 186 Å². The summed E-state index contributed by atoms with van der Waals surface area (Å²) in [6, 6.07) is 0. The molecule has 0 N–H and O–H groups in total. The zero-order valence-corrected chi connectivity index (χ0v) is 21.3. The lowest BCUT2D eigenvalue weighted by atomic mass is 9.75. The summed E-state index contributed by atoms with van der Waals surface area (Å²) in [5.41, 5.74) is -4.76. The van der Waals surface area contributed by atoms with Gasteiger partial charge in [0.1, 0.15) is 5.60 Å². The van der Waals surface area contributed by atoms with Crippen LogP contribution in [0.25, 0.3) is 0 Å². The number of fused-ring (bicyclic) bond motifs is 3. The van der Waals surface area contributed by atoms with E-state index in [2.05, 4.69) is 33.9 Å². The lowest BCUT2D eigenvalue weighted by Gasteiger charge is -2.43. The van der Waals surface area contributed by atoms with Crippen LogP contribution < -0.4 is 0 Å². The van der Waals surface area contributed by atoms with E-state index in [0.717, 1.165) is 0 Å². The van der Waals surface area contributed by atoms with Crippen molar-refractivity contribution in [3.05, 3.63) is 11.6 Å². The smallest absolute Gasteiger partial charge is 0.351 e. The lowest BCUT2D eigenvalue weighted by molar-refractivity contribution is -0.217. The Kier molecular flexibility index (Phi) is 5.44. The molecule has 3 heterocycles. The highest BCUT2D eigenvalue weighted by Gasteiger charge is 2.79. The Morgan fingerprint density at radius 3 is 2.26 bits per heavy atom. The first kappa shape index (κ1) is 24.1. The first-order chi connectivity index (χ1) is 13.9. The number of Topliss-reactive ketones (excluding diaryl/α,β-unsaturated/α-hetero) is 1. The molecule has 8 heteroatoms. The Morgan fingerprint density at radius 2 is 1.77 bits per heavy atom. The van der Waals surface area contributed by atoms with E-state index in [4.69, 9.17) is 18.6 Å². The number of ether oxygens (including phenoxy) is 3. The Bertz CT molecular complexity index is 847. The standard InChI is InChI=1S/C23H36O7Si/c1-15-12-17(25)28-22(15)13-21(14-27-31(8,9)20(5,6)7)11-10-16(24)23(22,30-21)18(26)29-19(2,3)4/h12H,10-11,13-14H2,1-9H3/t21-,22-,23-/m0/s1. The summed E-state index contributed by atoms with van der Waals surface area (Å²) in [4.78, 5) is 39.1. The highest BCUT2D eigenvalue weighted by atomic mass is 28.4. The molecule has 2 saturated heterocycles. The second-order valence-electron chi connectivity index (χ2n) is 11.7. The minimum atomic E-state index is -2.13. The van der Waals surface area contributed by atoms with Gasteiger partial charge in [0.2, 0.25) is 0 Å². The Morgan fingerprint density at radius 1 is 1.16 bits per heavy atom. The maximum atomic E-state index is 13.5. The van der Waals surface area contributed by atoms with Crippen LogP contribution in [0, 0.1) is 0 Å². The van der Waals surface area contributed by atoms with Crippen molar-refractivity contribution in [3.63, 3.8) is 0 Å². The fourth-order valence-electron chi connectivity index (χ4n) is 4.41. The molecule has 2 fully saturated rings.